The van der Waals surface area contributed by atoms with Crippen LogP contribution in [0.25, 0.3) is 0 Å². The van der Waals surface area contributed by atoms with E-state index < -0.39 is 15.9 Å². The Bertz CT molecular complexity index is 784. The molecule has 2 rings (SSSR count). The maximum Gasteiger partial charge on any atom is 0.272 e. The molecule has 0 aliphatic heterocycles. The van der Waals surface area contributed by atoms with E-state index >= 15 is 0 Å². The minimum Gasteiger partial charge on any atom is -0.343 e. The molecule has 0 aliphatic carbocycles. The Labute approximate surface area is 131 Å². The summed E-state index contributed by atoms with van der Waals surface area (Å²) in [5.41, 5.74) is 0.582. The van der Waals surface area contributed by atoms with Gasteiger partial charge in [-0.05, 0) is 41.1 Å². The smallest absolute Gasteiger partial charge is 0.272 e. The predicted molar refractivity (Wildman–Crippen MR) is 83.6 cm³/mol. The Morgan fingerprint density at radius 1 is 1.38 bits per heavy atom. The molecule has 3 N–H and O–H groups in total. The molecule has 1 aromatic carbocycles. The van der Waals surface area contributed by atoms with Gasteiger partial charge < -0.3 is 9.88 Å². The summed E-state index contributed by atoms with van der Waals surface area (Å²) < 4.78 is 25.5. The van der Waals surface area contributed by atoms with E-state index in [1.807, 2.05) is 6.92 Å². The fourth-order valence-corrected chi connectivity index (χ4v) is 3.09. The van der Waals surface area contributed by atoms with Gasteiger partial charge in [0.15, 0.2) is 0 Å². The Morgan fingerprint density at radius 2 is 2.05 bits per heavy atom. The first kappa shape index (κ1) is 15.7. The maximum atomic E-state index is 12.3. The van der Waals surface area contributed by atoms with Crippen LogP contribution in [0.5, 0.6) is 0 Å². The molecule has 0 saturated heterocycles. The number of aromatic nitrogens is 1. The Kier molecular flexibility index (Phi) is 4.50. The molecule has 0 radical (unpaired) electrons. The summed E-state index contributed by atoms with van der Waals surface area (Å²) in [5, 5.41) is 7.72. The highest BCUT2D eigenvalue weighted by Gasteiger charge is 2.18. The van der Waals surface area contributed by atoms with E-state index in [-0.39, 0.29) is 10.6 Å². The van der Waals surface area contributed by atoms with Gasteiger partial charge in [0.2, 0.25) is 10.0 Å². The van der Waals surface area contributed by atoms with Crippen LogP contribution >= 0.6 is 15.9 Å². The van der Waals surface area contributed by atoms with Gasteiger partial charge in [0.1, 0.15) is 10.6 Å². The number of benzene rings is 1. The average Bonchev–Trinajstić information content (AvgIpc) is 2.79. The number of amides is 1. The summed E-state index contributed by atoms with van der Waals surface area (Å²) in [6, 6.07) is 7.67. The number of primary sulfonamides is 1. The molecule has 0 saturated carbocycles. The quantitative estimate of drug-likeness (QED) is 0.861. The number of carbonyl (C=O) groups excluding carboxylic acids is 1. The van der Waals surface area contributed by atoms with Crippen LogP contribution in [-0.4, -0.2) is 18.9 Å². The van der Waals surface area contributed by atoms with Crippen LogP contribution in [0.15, 0.2) is 45.9 Å². The van der Waals surface area contributed by atoms with Gasteiger partial charge in [0, 0.05) is 17.2 Å². The van der Waals surface area contributed by atoms with Crippen LogP contribution in [-0.2, 0) is 16.6 Å². The van der Waals surface area contributed by atoms with Gasteiger partial charge in [0.05, 0.1) is 5.69 Å². The highest BCUT2D eigenvalue weighted by molar-refractivity contribution is 9.10. The van der Waals surface area contributed by atoms with Crippen LogP contribution in [0.2, 0.25) is 0 Å². The number of hydrogen-bond acceptors (Lipinski definition) is 3. The van der Waals surface area contributed by atoms with E-state index in [1.54, 1.807) is 29.0 Å². The van der Waals surface area contributed by atoms with Crippen molar-refractivity contribution >= 4 is 37.5 Å². The lowest BCUT2D eigenvalue weighted by molar-refractivity contribution is 0.101. The molecule has 1 heterocycles. The number of halogens is 1. The second-order valence-corrected chi connectivity index (χ2v) is 6.77. The van der Waals surface area contributed by atoms with E-state index in [0.717, 1.165) is 4.47 Å². The number of nitrogens with two attached hydrogens (primary N) is 1. The lowest BCUT2D eigenvalue weighted by atomic mass is 10.3. The monoisotopic (exact) mass is 371 g/mol. The minimum atomic E-state index is -3.90. The fraction of sp³-hybridized carbons (Fsp3) is 0.154. The maximum absolute atomic E-state index is 12.3. The molecule has 21 heavy (non-hydrogen) atoms. The van der Waals surface area contributed by atoms with Gasteiger partial charge in [-0.25, -0.2) is 13.6 Å². The number of rotatable bonds is 4. The van der Waals surface area contributed by atoms with Crippen molar-refractivity contribution in [3.05, 3.63) is 46.7 Å². The van der Waals surface area contributed by atoms with E-state index in [2.05, 4.69) is 21.2 Å². The van der Waals surface area contributed by atoms with Crippen molar-refractivity contribution in [1.82, 2.24) is 4.57 Å². The number of anilines is 1. The number of hydrogen-bond donors (Lipinski definition) is 2. The van der Waals surface area contributed by atoms with Crippen LogP contribution in [0.4, 0.5) is 5.69 Å². The highest BCUT2D eigenvalue weighted by Crippen LogP contribution is 2.21. The van der Waals surface area contributed by atoms with Crippen molar-refractivity contribution in [2.24, 2.45) is 5.14 Å². The van der Waals surface area contributed by atoms with Gasteiger partial charge in [0.25, 0.3) is 5.91 Å². The Hall–Kier alpha value is -1.64. The molecular weight excluding hydrogens is 358 g/mol. The van der Waals surface area contributed by atoms with E-state index in [1.165, 1.54) is 12.1 Å². The molecule has 1 amide bonds. The first-order chi connectivity index (χ1) is 9.82. The zero-order valence-corrected chi connectivity index (χ0v) is 13.6. The summed E-state index contributed by atoms with van der Waals surface area (Å²) >= 11 is 3.31. The van der Waals surface area contributed by atoms with Gasteiger partial charge >= 0.3 is 0 Å². The third-order valence-corrected chi connectivity index (χ3v) is 4.28. The number of carbonyl (C=O) groups is 1. The molecule has 0 atom stereocenters. The molecule has 2 aromatic rings. The lowest BCUT2D eigenvalue weighted by Gasteiger charge is -2.10. The molecule has 6 nitrogen and oxygen atoms in total. The predicted octanol–water partition coefficient (Wildman–Crippen LogP) is 2.17. The number of para-hydroxylation sites is 1. The third-order valence-electron chi connectivity index (χ3n) is 2.88. The molecule has 8 heteroatoms. The van der Waals surface area contributed by atoms with Gasteiger partial charge in [-0.1, -0.05) is 12.1 Å². The molecule has 112 valence electrons. The van der Waals surface area contributed by atoms with Gasteiger partial charge in [-0.15, -0.1) is 0 Å². The van der Waals surface area contributed by atoms with Crippen molar-refractivity contribution in [2.45, 2.75) is 18.4 Å². The highest BCUT2D eigenvalue weighted by atomic mass is 79.9. The molecule has 0 bridgehead atoms. The zero-order valence-electron chi connectivity index (χ0n) is 11.2. The number of aryl methyl sites for hydroxylation is 1. The summed E-state index contributed by atoms with van der Waals surface area (Å²) in [6.45, 7) is 2.52. The van der Waals surface area contributed by atoms with Crippen LogP contribution < -0.4 is 10.5 Å². The van der Waals surface area contributed by atoms with Crippen molar-refractivity contribution in [1.29, 1.82) is 0 Å². The third kappa shape index (κ3) is 3.52. The minimum absolute atomic E-state index is 0.118. The van der Waals surface area contributed by atoms with Crippen LogP contribution in [0, 0.1) is 0 Å². The summed E-state index contributed by atoms with van der Waals surface area (Å²) in [6.07, 6.45) is 1.78. The second kappa shape index (κ2) is 6.00. The number of nitrogens with one attached hydrogen (secondary N) is 1. The number of nitrogens with zero attached hydrogens (tertiary/aromatic N) is 1. The first-order valence-corrected chi connectivity index (χ1v) is 8.45. The standard InChI is InChI=1S/C13H14BrN3O3S/c1-2-17-8-9(14)7-11(17)13(18)16-10-5-3-4-6-12(10)21(15,19)20/h3-8H,2H2,1H3,(H,16,18)(H2,15,19,20). The zero-order chi connectivity index (χ0) is 15.6. The van der Waals surface area contributed by atoms with Crippen molar-refractivity contribution in [3.63, 3.8) is 0 Å². The van der Waals surface area contributed by atoms with Crippen LogP contribution in [0.1, 0.15) is 17.4 Å². The number of sulfonamides is 1. The fourth-order valence-electron chi connectivity index (χ4n) is 1.93. The SMILES string of the molecule is CCn1cc(Br)cc1C(=O)Nc1ccccc1S(N)(=O)=O. The van der Waals surface area contributed by atoms with Crippen molar-refractivity contribution in [2.75, 3.05) is 5.32 Å². The van der Waals surface area contributed by atoms with E-state index in [4.69, 9.17) is 5.14 Å². The lowest BCUT2D eigenvalue weighted by Crippen LogP contribution is -2.20. The first-order valence-electron chi connectivity index (χ1n) is 6.11. The van der Waals surface area contributed by atoms with Gasteiger partial charge in [-0.3, -0.25) is 4.79 Å². The summed E-state index contributed by atoms with van der Waals surface area (Å²) in [5.74, 6) is -0.404. The Balaban J connectivity index is 2.37. The molecule has 1 aromatic heterocycles. The summed E-state index contributed by atoms with van der Waals surface area (Å²) in [4.78, 5) is 12.2. The molecular formula is C13H14BrN3O3S. The largest absolute Gasteiger partial charge is 0.343 e. The molecule has 0 fully saturated rings. The normalized spacial score (nSPS) is 11.4. The van der Waals surface area contributed by atoms with Crippen LogP contribution in [0.3, 0.4) is 0 Å². The Morgan fingerprint density at radius 3 is 2.67 bits per heavy atom. The summed E-state index contributed by atoms with van der Waals surface area (Å²) in [7, 11) is -3.90. The molecule has 0 spiro atoms. The van der Waals surface area contributed by atoms with Crippen molar-refractivity contribution in [3.8, 4) is 0 Å². The topological polar surface area (TPSA) is 94.2 Å². The molecule has 0 aliphatic rings. The second-order valence-electron chi connectivity index (χ2n) is 4.32. The molecule has 0 unspecified atom stereocenters. The van der Waals surface area contributed by atoms with E-state index in [9.17, 15) is 13.2 Å². The average molecular weight is 372 g/mol. The van der Waals surface area contributed by atoms with E-state index in [0.29, 0.717) is 12.2 Å². The van der Waals surface area contributed by atoms with Crippen molar-refractivity contribution < 1.29 is 13.2 Å². The van der Waals surface area contributed by atoms with Gasteiger partial charge in [-0.2, -0.15) is 0 Å².